The van der Waals surface area contributed by atoms with Gasteiger partial charge in [0, 0.05) is 12.6 Å². The van der Waals surface area contributed by atoms with Crippen LogP contribution in [0.4, 0.5) is 0 Å². The van der Waals surface area contributed by atoms with E-state index in [0.717, 1.165) is 25.2 Å². The molecule has 0 spiro atoms. The maximum atomic E-state index is 11.7. The maximum absolute atomic E-state index is 11.7. The van der Waals surface area contributed by atoms with Crippen molar-refractivity contribution in [1.82, 2.24) is 5.32 Å². The Balaban J connectivity index is 2.26. The SMILES string of the molecule is CCCC(CN)C(=O)NC1CC1CC. The zero-order valence-electron chi connectivity index (χ0n) is 9.25. The Morgan fingerprint density at radius 3 is 2.71 bits per heavy atom. The molecule has 1 amide bonds. The molecule has 0 aromatic rings. The number of carbonyl (C=O) groups excluding carboxylic acids is 1. The molecule has 3 atom stereocenters. The number of hydrogen-bond donors (Lipinski definition) is 2. The summed E-state index contributed by atoms with van der Waals surface area (Å²) in [5.41, 5.74) is 5.56. The molecule has 1 fully saturated rings. The summed E-state index contributed by atoms with van der Waals surface area (Å²) in [6.45, 7) is 4.73. The van der Waals surface area contributed by atoms with Gasteiger partial charge >= 0.3 is 0 Å². The molecule has 3 unspecified atom stereocenters. The smallest absolute Gasteiger partial charge is 0.224 e. The second-order valence-corrected chi connectivity index (χ2v) is 4.24. The van der Waals surface area contributed by atoms with E-state index in [2.05, 4.69) is 19.2 Å². The van der Waals surface area contributed by atoms with Crippen molar-refractivity contribution in [2.24, 2.45) is 17.6 Å². The highest BCUT2D eigenvalue weighted by molar-refractivity contribution is 5.79. The molecule has 0 bridgehead atoms. The summed E-state index contributed by atoms with van der Waals surface area (Å²) in [4.78, 5) is 11.7. The van der Waals surface area contributed by atoms with Gasteiger partial charge in [-0.3, -0.25) is 4.79 Å². The average Bonchev–Trinajstić information content (AvgIpc) is 2.92. The topological polar surface area (TPSA) is 55.1 Å². The number of carbonyl (C=O) groups is 1. The Kier molecular flexibility index (Phi) is 4.39. The van der Waals surface area contributed by atoms with Crippen LogP contribution in [-0.4, -0.2) is 18.5 Å². The van der Waals surface area contributed by atoms with Gasteiger partial charge in [0.15, 0.2) is 0 Å². The van der Waals surface area contributed by atoms with Crippen LogP contribution in [0.3, 0.4) is 0 Å². The lowest BCUT2D eigenvalue weighted by Gasteiger charge is -2.13. The third-order valence-corrected chi connectivity index (χ3v) is 3.07. The highest BCUT2D eigenvalue weighted by atomic mass is 16.2. The van der Waals surface area contributed by atoms with Gasteiger partial charge < -0.3 is 11.1 Å². The summed E-state index contributed by atoms with van der Waals surface area (Å²) in [6, 6.07) is 0.443. The standard InChI is InChI=1S/C11H22N2O/c1-3-5-9(7-12)11(14)13-10-6-8(10)4-2/h8-10H,3-7,12H2,1-2H3,(H,13,14). The molecule has 1 aliphatic carbocycles. The number of hydrogen-bond acceptors (Lipinski definition) is 2. The van der Waals surface area contributed by atoms with Gasteiger partial charge in [0.05, 0.1) is 5.92 Å². The molecule has 0 aromatic heterocycles. The first-order valence-electron chi connectivity index (χ1n) is 5.73. The number of nitrogens with one attached hydrogen (secondary N) is 1. The average molecular weight is 198 g/mol. The Morgan fingerprint density at radius 2 is 2.29 bits per heavy atom. The van der Waals surface area contributed by atoms with Crippen molar-refractivity contribution < 1.29 is 4.79 Å². The molecule has 0 saturated heterocycles. The Hall–Kier alpha value is -0.570. The Morgan fingerprint density at radius 1 is 1.57 bits per heavy atom. The molecule has 1 saturated carbocycles. The minimum absolute atomic E-state index is 0.0260. The van der Waals surface area contributed by atoms with Crippen LogP contribution in [0.25, 0.3) is 0 Å². The third-order valence-electron chi connectivity index (χ3n) is 3.07. The maximum Gasteiger partial charge on any atom is 0.224 e. The molecule has 3 nitrogen and oxygen atoms in total. The third kappa shape index (κ3) is 2.98. The lowest BCUT2D eigenvalue weighted by Crippen LogP contribution is -2.36. The first-order chi connectivity index (χ1) is 6.72. The highest BCUT2D eigenvalue weighted by Crippen LogP contribution is 2.33. The lowest BCUT2D eigenvalue weighted by molar-refractivity contribution is -0.125. The number of amides is 1. The zero-order valence-corrected chi connectivity index (χ0v) is 9.25. The molecule has 0 heterocycles. The first kappa shape index (κ1) is 11.5. The normalized spacial score (nSPS) is 27.1. The summed E-state index contributed by atoms with van der Waals surface area (Å²) in [5, 5.41) is 3.07. The van der Waals surface area contributed by atoms with E-state index < -0.39 is 0 Å². The summed E-state index contributed by atoms with van der Waals surface area (Å²) in [5.74, 6) is 0.910. The van der Waals surface area contributed by atoms with Crippen LogP contribution in [-0.2, 0) is 4.79 Å². The van der Waals surface area contributed by atoms with Gasteiger partial charge in [-0.05, 0) is 18.8 Å². The number of nitrogens with two attached hydrogens (primary N) is 1. The van der Waals surface area contributed by atoms with Crippen LogP contribution in [0.15, 0.2) is 0 Å². The first-order valence-corrected chi connectivity index (χ1v) is 5.73. The zero-order chi connectivity index (χ0) is 10.6. The van der Waals surface area contributed by atoms with Crippen LogP contribution in [0, 0.1) is 11.8 Å². The van der Waals surface area contributed by atoms with Gasteiger partial charge in [-0.25, -0.2) is 0 Å². The van der Waals surface area contributed by atoms with Crippen molar-refractivity contribution in [3.63, 3.8) is 0 Å². The number of rotatable bonds is 6. The molecular weight excluding hydrogens is 176 g/mol. The minimum Gasteiger partial charge on any atom is -0.353 e. The molecular formula is C11H22N2O. The van der Waals surface area contributed by atoms with E-state index in [1.165, 1.54) is 6.42 Å². The van der Waals surface area contributed by atoms with E-state index in [1.54, 1.807) is 0 Å². The molecule has 14 heavy (non-hydrogen) atoms. The van der Waals surface area contributed by atoms with Crippen LogP contribution in [0.2, 0.25) is 0 Å². The monoisotopic (exact) mass is 198 g/mol. The van der Waals surface area contributed by atoms with Crippen LogP contribution in [0.1, 0.15) is 39.5 Å². The molecule has 1 aliphatic rings. The second-order valence-electron chi connectivity index (χ2n) is 4.24. The van der Waals surface area contributed by atoms with Crippen molar-refractivity contribution in [2.45, 2.75) is 45.6 Å². The van der Waals surface area contributed by atoms with Crippen LogP contribution >= 0.6 is 0 Å². The molecule has 3 N–H and O–H groups in total. The molecule has 0 aliphatic heterocycles. The van der Waals surface area contributed by atoms with Gasteiger partial charge in [-0.15, -0.1) is 0 Å². The van der Waals surface area contributed by atoms with Crippen molar-refractivity contribution in [1.29, 1.82) is 0 Å². The fraction of sp³-hybridized carbons (Fsp3) is 0.909. The van der Waals surface area contributed by atoms with Crippen molar-refractivity contribution >= 4 is 5.91 Å². The second kappa shape index (κ2) is 5.35. The summed E-state index contributed by atoms with van der Waals surface area (Å²) in [6.07, 6.45) is 4.26. The summed E-state index contributed by atoms with van der Waals surface area (Å²) < 4.78 is 0. The van der Waals surface area contributed by atoms with Gasteiger partial charge in [0.1, 0.15) is 0 Å². The predicted molar refractivity (Wildman–Crippen MR) is 57.8 cm³/mol. The van der Waals surface area contributed by atoms with Gasteiger partial charge in [-0.2, -0.15) is 0 Å². The highest BCUT2D eigenvalue weighted by Gasteiger charge is 2.37. The molecule has 82 valence electrons. The van der Waals surface area contributed by atoms with E-state index in [0.29, 0.717) is 12.6 Å². The van der Waals surface area contributed by atoms with Crippen molar-refractivity contribution in [2.75, 3.05) is 6.54 Å². The molecule has 0 aromatic carbocycles. The fourth-order valence-electron chi connectivity index (χ4n) is 1.88. The largest absolute Gasteiger partial charge is 0.353 e. The van der Waals surface area contributed by atoms with Crippen molar-refractivity contribution in [3.8, 4) is 0 Å². The lowest BCUT2D eigenvalue weighted by atomic mass is 10.0. The van der Waals surface area contributed by atoms with Crippen molar-refractivity contribution in [3.05, 3.63) is 0 Å². The predicted octanol–water partition coefficient (Wildman–Crippen LogP) is 1.28. The Bertz CT molecular complexity index is 194. The van der Waals surface area contributed by atoms with E-state index in [4.69, 9.17) is 5.73 Å². The van der Waals surface area contributed by atoms with E-state index >= 15 is 0 Å². The minimum atomic E-state index is 0.0260. The quantitative estimate of drug-likeness (QED) is 0.675. The summed E-state index contributed by atoms with van der Waals surface area (Å²) >= 11 is 0. The van der Waals surface area contributed by atoms with Gasteiger partial charge in [-0.1, -0.05) is 26.7 Å². The molecule has 1 rings (SSSR count). The Labute approximate surface area is 86.4 Å². The fourth-order valence-corrected chi connectivity index (χ4v) is 1.88. The van der Waals surface area contributed by atoms with Crippen LogP contribution < -0.4 is 11.1 Å². The van der Waals surface area contributed by atoms with E-state index in [9.17, 15) is 4.79 Å². The van der Waals surface area contributed by atoms with Crippen LogP contribution in [0.5, 0.6) is 0 Å². The van der Waals surface area contributed by atoms with E-state index in [-0.39, 0.29) is 11.8 Å². The molecule has 0 radical (unpaired) electrons. The summed E-state index contributed by atoms with van der Waals surface area (Å²) in [7, 11) is 0. The van der Waals surface area contributed by atoms with Gasteiger partial charge in [0.2, 0.25) is 5.91 Å². The van der Waals surface area contributed by atoms with E-state index in [1.807, 2.05) is 0 Å². The molecule has 3 heteroatoms. The van der Waals surface area contributed by atoms with Gasteiger partial charge in [0.25, 0.3) is 0 Å².